The number of nitrogens with one attached hydrogen (secondary N) is 1. The highest BCUT2D eigenvalue weighted by Gasteiger charge is 2.65. The van der Waals surface area contributed by atoms with E-state index in [-0.39, 0.29) is 19.2 Å². The zero-order chi connectivity index (χ0) is 26.7. The largest absolute Gasteiger partial charge is 0.481 e. The Bertz CT molecular complexity index is 1360. The van der Waals surface area contributed by atoms with Gasteiger partial charge < -0.3 is 39.0 Å². The van der Waals surface area contributed by atoms with E-state index in [0.717, 1.165) is 37.6 Å². The van der Waals surface area contributed by atoms with Gasteiger partial charge in [0.2, 0.25) is 0 Å². The summed E-state index contributed by atoms with van der Waals surface area (Å²) in [5.41, 5.74) is 0.457. The summed E-state index contributed by atoms with van der Waals surface area (Å²) in [5.74, 6) is -1.14. The van der Waals surface area contributed by atoms with E-state index in [1.807, 2.05) is 24.3 Å². The van der Waals surface area contributed by atoms with Gasteiger partial charge in [0.15, 0.2) is 11.8 Å². The summed E-state index contributed by atoms with van der Waals surface area (Å²) >= 11 is 6.58. The van der Waals surface area contributed by atoms with Crippen molar-refractivity contribution >= 4 is 34.4 Å². The first-order chi connectivity index (χ1) is 18.2. The quantitative estimate of drug-likeness (QED) is 0.424. The van der Waals surface area contributed by atoms with Crippen molar-refractivity contribution in [3.05, 3.63) is 35.4 Å². The van der Waals surface area contributed by atoms with Gasteiger partial charge in [-0.05, 0) is 32.0 Å². The molecule has 0 spiro atoms. The van der Waals surface area contributed by atoms with Crippen LogP contribution in [0, 0.1) is 5.41 Å². The van der Waals surface area contributed by atoms with Gasteiger partial charge in [0, 0.05) is 24.3 Å². The van der Waals surface area contributed by atoms with Gasteiger partial charge >= 0.3 is 5.97 Å². The molecule has 5 heterocycles. The molecule has 3 aliphatic rings. The Morgan fingerprint density at radius 1 is 1.21 bits per heavy atom. The van der Waals surface area contributed by atoms with E-state index < -0.39 is 35.3 Å². The second-order valence-electron chi connectivity index (χ2n) is 10.4. The predicted molar refractivity (Wildman–Crippen MR) is 138 cm³/mol. The second kappa shape index (κ2) is 9.35. The summed E-state index contributed by atoms with van der Waals surface area (Å²) in [4.78, 5) is 26.3. The first-order valence-electron chi connectivity index (χ1n) is 12.5. The number of morpholine rings is 1. The lowest BCUT2D eigenvalue weighted by atomic mass is 9.72. The number of ether oxygens (including phenoxy) is 4. The van der Waals surface area contributed by atoms with E-state index in [1.165, 1.54) is 13.8 Å². The maximum atomic E-state index is 11.8. The van der Waals surface area contributed by atoms with Gasteiger partial charge in [-0.1, -0.05) is 23.7 Å². The number of carboxylic acid groups (broad SMARTS) is 1. The number of pyridine rings is 1. The summed E-state index contributed by atoms with van der Waals surface area (Å²) in [7, 11) is 0. The molecule has 4 atom stereocenters. The number of rotatable bonds is 6. The van der Waals surface area contributed by atoms with Crippen molar-refractivity contribution in [2.24, 2.45) is 5.41 Å². The van der Waals surface area contributed by atoms with Crippen molar-refractivity contribution in [3.8, 4) is 17.3 Å². The molecule has 6 rings (SSSR count). The van der Waals surface area contributed by atoms with Crippen molar-refractivity contribution in [1.29, 1.82) is 0 Å². The highest BCUT2D eigenvalue weighted by molar-refractivity contribution is 6.33. The van der Waals surface area contributed by atoms with Crippen molar-refractivity contribution in [2.75, 3.05) is 44.4 Å². The van der Waals surface area contributed by atoms with Crippen LogP contribution in [0.1, 0.15) is 13.8 Å². The molecule has 11 nitrogen and oxygen atoms in total. The number of aromatic nitrogens is 3. The first-order valence-corrected chi connectivity index (χ1v) is 12.9. The Morgan fingerprint density at radius 2 is 1.95 bits per heavy atom. The average Bonchev–Trinajstić information content (AvgIpc) is 3.60. The van der Waals surface area contributed by atoms with Crippen LogP contribution >= 0.6 is 11.6 Å². The number of carbonyl (C=O) groups is 1. The molecule has 0 radical (unpaired) electrons. The fourth-order valence-electron chi connectivity index (χ4n) is 5.26. The van der Waals surface area contributed by atoms with Crippen LogP contribution in [0.25, 0.3) is 22.4 Å². The number of hydrogen-bond donors (Lipinski definition) is 3. The third-order valence-corrected chi connectivity index (χ3v) is 8.16. The molecule has 0 saturated carbocycles. The zero-order valence-corrected chi connectivity index (χ0v) is 21.8. The van der Waals surface area contributed by atoms with Gasteiger partial charge in [0.05, 0.1) is 48.1 Å². The van der Waals surface area contributed by atoms with Crippen LogP contribution in [-0.2, 0) is 19.0 Å². The number of benzene rings is 1. The lowest BCUT2D eigenvalue weighted by Gasteiger charge is -2.38. The van der Waals surface area contributed by atoms with E-state index in [1.54, 1.807) is 6.07 Å². The minimum atomic E-state index is -1.70. The minimum Gasteiger partial charge on any atom is -0.481 e. The molecule has 1 aromatic carbocycles. The Hall–Kier alpha value is -2.96. The molecule has 0 aliphatic carbocycles. The second-order valence-corrected chi connectivity index (χ2v) is 10.8. The van der Waals surface area contributed by atoms with E-state index in [0.29, 0.717) is 21.9 Å². The van der Waals surface area contributed by atoms with Crippen LogP contribution in [0.3, 0.4) is 0 Å². The smallest absolute Gasteiger partial charge is 0.312 e. The third kappa shape index (κ3) is 4.09. The number of aromatic amines is 1. The molecule has 202 valence electrons. The molecule has 12 heteroatoms. The molecular formula is C26H29ClN4O7. The van der Waals surface area contributed by atoms with Crippen molar-refractivity contribution < 1.29 is 34.0 Å². The monoisotopic (exact) mass is 544 g/mol. The average molecular weight is 545 g/mol. The molecular weight excluding hydrogens is 516 g/mol. The zero-order valence-electron chi connectivity index (χ0n) is 21.0. The summed E-state index contributed by atoms with van der Waals surface area (Å²) in [6.45, 7) is 6.01. The Balaban J connectivity index is 1.20. The number of imidazole rings is 1. The number of halogens is 1. The van der Waals surface area contributed by atoms with Crippen LogP contribution in [0.5, 0.6) is 6.01 Å². The molecule has 3 aromatic rings. The van der Waals surface area contributed by atoms with Crippen LogP contribution in [-0.4, -0.2) is 94.6 Å². The maximum absolute atomic E-state index is 11.8. The fourth-order valence-corrected chi connectivity index (χ4v) is 5.52. The Kier molecular flexibility index (Phi) is 6.23. The number of aliphatic carboxylic acids is 1. The Morgan fingerprint density at radius 3 is 2.66 bits per heavy atom. The fraction of sp³-hybridized carbons (Fsp3) is 0.500. The maximum Gasteiger partial charge on any atom is 0.312 e. The molecule has 3 saturated heterocycles. The van der Waals surface area contributed by atoms with Gasteiger partial charge in [-0.15, -0.1) is 0 Å². The lowest BCUT2D eigenvalue weighted by Crippen LogP contribution is -2.58. The van der Waals surface area contributed by atoms with E-state index in [9.17, 15) is 15.0 Å². The predicted octanol–water partition coefficient (Wildman–Crippen LogP) is 2.50. The number of fused-ring (bicyclic) bond motifs is 2. The number of carboxylic acids is 1. The van der Waals surface area contributed by atoms with Crippen molar-refractivity contribution in [1.82, 2.24) is 15.0 Å². The summed E-state index contributed by atoms with van der Waals surface area (Å²) in [6, 6.07) is 10.0. The minimum absolute atomic E-state index is 0.110. The van der Waals surface area contributed by atoms with Crippen LogP contribution < -0.4 is 9.64 Å². The number of H-pyrrole nitrogens is 1. The highest BCUT2D eigenvalue weighted by Crippen LogP contribution is 2.45. The van der Waals surface area contributed by atoms with Crippen LogP contribution in [0.4, 0.5) is 5.69 Å². The molecule has 2 aromatic heterocycles. The standard InChI is InChI=1S/C26H29ClN4O7/c1-25(2,23(32)33)26(34)13-37-20-18(12-36-21(20)26)38-24-28-17-11-16(27)19(29-22(17)30-24)14-3-5-15(6-4-14)31-7-9-35-10-8-31/h3-6,11,18,20-21,34H,7-10,12-13H2,1-2H3,(H,32,33)(H,28,29,30)/t18-,20-,21?,26-/m1/s1. The summed E-state index contributed by atoms with van der Waals surface area (Å²) < 4.78 is 23.0. The van der Waals surface area contributed by atoms with Gasteiger partial charge in [-0.25, -0.2) is 4.98 Å². The van der Waals surface area contributed by atoms with Crippen molar-refractivity contribution in [2.45, 2.75) is 37.8 Å². The van der Waals surface area contributed by atoms with Gasteiger partial charge in [0.25, 0.3) is 6.01 Å². The van der Waals surface area contributed by atoms with Crippen LogP contribution in [0.2, 0.25) is 5.02 Å². The van der Waals surface area contributed by atoms with Gasteiger partial charge in [0.1, 0.15) is 17.8 Å². The summed E-state index contributed by atoms with van der Waals surface area (Å²) in [5, 5.41) is 21.3. The number of anilines is 1. The molecule has 3 fully saturated rings. The lowest BCUT2D eigenvalue weighted by molar-refractivity contribution is -0.178. The number of nitrogens with zero attached hydrogens (tertiary/aromatic N) is 3. The molecule has 1 unspecified atom stereocenters. The SMILES string of the molecule is CC(C)(C(=O)O)[C@@]1(O)CO[C@H]2C1OC[C@H]2Oc1nc2nc(-c3ccc(N4CCOCC4)cc3)c(Cl)cc2[nH]1. The molecule has 3 N–H and O–H groups in total. The van der Waals surface area contributed by atoms with E-state index in [2.05, 4.69) is 19.9 Å². The molecule has 38 heavy (non-hydrogen) atoms. The van der Waals surface area contributed by atoms with E-state index in [4.69, 9.17) is 30.5 Å². The number of hydrogen-bond acceptors (Lipinski definition) is 9. The Labute approximate surface area is 223 Å². The molecule has 0 bridgehead atoms. The normalized spacial score (nSPS) is 27.6. The first kappa shape index (κ1) is 25.3. The molecule has 3 aliphatic heterocycles. The van der Waals surface area contributed by atoms with Gasteiger partial charge in [-0.3, -0.25) is 4.79 Å². The van der Waals surface area contributed by atoms with Crippen LogP contribution in [0.15, 0.2) is 30.3 Å². The summed E-state index contributed by atoms with van der Waals surface area (Å²) in [6.07, 6.45) is -2.09. The topological polar surface area (TPSA) is 139 Å². The van der Waals surface area contributed by atoms with E-state index >= 15 is 0 Å². The van der Waals surface area contributed by atoms with Gasteiger partial charge in [-0.2, -0.15) is 4.98 Å². The van der Waals surface area contributed by atoms with Crippen molar-refractivity contribution in [3.63, 3.8) is 0 Å². The third-order valence-electron chi connectivity index (χ3n) is 7.87. The molecule has 0 amide bonds. The highest BCUT2D eigenvalue weighted by atomic mass is 35.5. The number of aliphatic hydroxyl groups is 1.